The molecule has 1 N–H and O–H groups in total. The highest BCUT2D eigenvalue weighted by atomic mass is 35.5. The number of hydrogen-bond acceptors (Lipinski definition) is 3. The standard InChI is InChI=1S/C15H17ClN4O.ClH/c1-19-8-7-18-14(19)13-10-17-6-9-20(13)15(21)11-2-4-12(16)5-3-11;/h2-5,7-8,13,17H,6,9-10H2,1H3;1H. The number of aryl methyl sites for hydroxylation is 1. The van der Waals surface area contributed by atoms with Crippen LogP contribution in [-0.4, -0.2) is 40.0 Å². The quantitative estimate of drug-likeness (QED) is 0.912. The number of aromatic nitrogens is 2. The summed E-state index contributed by atoms with van der Waals surface area (Å²) in [5.74, 6) is 0.908. The fourth-order valence-electron chi connectivity index (χ4n) is 2.63. The number of carbonyl (C=O) groups excluding carboxylic acids is 1. The molecule has 1 saturated heterocycles. The van der Waals surface area contributed by atoms with Gasteiger partial charge in [0.1, 0.15) is 11.9 Å². The SMILES string of the molecule is Cl.Cn1ccnc1C1CNCCN1C(=O)c1ccc(Cl)cc1. The smallest absolute Gasteiger partial charge is 0.254 e. The van der Waals surface area contributed by atoms with Gasteiger partial charge in [-0.1, -0.05) is 11.6 Å². The molecule has 0 bridgehead atoms. The number of rotatable bonds is 2. The number of halogens is 2. The second-order valence-corrected chi connectivity index (χ2v) is 5.56. The zero-order valence-corrected chi connectivity index (χ0v) is 13.8. The number of nitrogens with one attached hydrogen (secondary N) is 1. The lowest BCUT2D eigenvalue weighted by atomic mass is 10.1. The first-order valence-electron chi connectivity index (χ1n) is 6.91. The van der Waals surface area contributed by atoms with Crippen molar-refractivity contribution in [1.82, 2.24) is 19.8 Å². The molecular formula is C15H18Cl2N4O. The van der Waals surface area contributed by atoms with Gasteiger partial charge in [-0.3, -0.25) is 4.79 Å². The van der Waals surface area contributed by atoms with Crippen molar-refractivity contribution in [2.45, 2.75) is 6.04 Å². The van der Waals surface area contributed by atoms with Crippen LogP contribution >= 0.6 is 24.0 Å². The molecule has 5 nitrogen and oxygen atoms in total. The van der Waals surface area contributed by atoms with Gasteiger partial charge in [-0.2, -0.15) is 0 Å². The summed E-state index contributed by atoms with van der Waals surface area (Å²) in [4.78, 5) is 19.0. The molecular weight excluding hydrogens is 323 g/mol. The Labute approximate surface area is 140 Å². The Balaban J connectivity index is 0.00000176. The Morgan fingerprint density at radius 3 is 2.73 bits per heavy atom. The van der Waals surface area contributed by atoms with Crippen molar-refractivity contribution < 1.29 is 4.79 Å². The van der Waals surface area contributed by atoms with E-state index in [0.717, 1.165) is 12.4 Å². The van der Waals surface area contributed by atoms with Crippen LogP contribution in [0.5, 0.6) is 0 Å². The zero-order chi connectivity index (χ0) is 14.8. The third-order valence-corrected chi connectivity index (χ3v) is 4.00. The third kappa shape index (κ3) is 3.27. The van der Waals surface area contributed by atoms with E-state index in [-0.39, 0.29) is 24.4 Å². The fourth-order valence-corrected chi connectivity index (χ4v) is 2.76. The molecule has 0 spiro atoms. The Kier molecular flexibility index (Phi) is 5.45. The first kappa shape index (κ1) is 16.8. The maximum atomic E-state index is 12.7. The summed E-state index contributed by atoms with van der Waals surface area (Å²) in [6.45, 7) is 2.17. The van der Waals surface area contributed by atoms with Crippen LogP contribution in [0.1, 0.15) is 22.2 Å². The van der Waals surface area contributed by atoms with E-state index in [1.165, 1.54) is 0 Å². The lowest BCUT2D eigenvalue weighted by molar-refractivity contribution is 0.0621. The van der Waals surface area contributed by atoms with Gasteiger partial charge in [0.25, 0.3) is 5.91 Å². The van der Waals surface area contributed by atoms with Crippen molar-refractivity contribution in [2.75, 3.05) is 19.6 Å². The molecule has 2 heterocycles. The van der Waals surface area contributed by atoms with E-state index in [9.17, 15) is 4.79 Å². The molecule has 2 aromatic rings. The van der Waals surface area contributed by atoms with Crippen LogP contribution in [0.2, 0.25) is 5.02 Å². The molecule has 1 fully saturated rings. The van der Waals surface area contributed by atoms with Crippen LogP contribution in [0, 0.1) is 0 Å². The van der Waals surface area contributed by atoms with E-state index in [4.69, 9.17) is 11.6 Å². The second-order valence-electron chi connectivity index (χ2n) is 5.12. The van der Waals surface area contributed by atoms with Crippen LogP contribution < -0.4 is 5.32 Å². The molecule has 0 aliphatic carbocycles. The molecule has 1 aliphatic heterocycles. The molecule has 1 aromatic carbocycles. The lowest BCUT2D eigenvalue weighted by Gasteiger charge is -2.35. The average molecular weight is 341 g/mol. The number of piperazine rings is 1. The molecule has 1 amide bonds. The molecule has 1 aromatic heterocycles. The highest BCUT2D eigenvalue weighted by Gasteiger charge is 2.30. The van der Waals surface area contributed by atoms with Gasteiger partial charge in [0.15, 0.2) is 0 Å². The van der Waals surface area contributed by atoms with Crippen molar-refractivity contribution in [3.63, 3.8) is 0 Å². The number of hydrogen-bond donors (Lipinski definition) is 1. The predicted octanol–water partition coefficient (Wildman–Crippen LogP) is 2.28. The Hall–Kier alpha value is -1.56. The van der Waals surface area contributed by atoms with Gasteiger partial charge in [-0.05, 0) is 24.3 Å². The van der Waals surface area contributed by atoms with Crippen molar-refractivity contribution in [3.05, 3.63) is 53.1 Å². The number of amides is 1. The highest BCUT2D eigenvalue weighted by Crippen LogP contribution is 2.23. The molecule has 7 heteroatoms. The number of imidazole rings is 1. The summed E-state index contributed by atoms with van der Waals surface area (Å²) in [6.07, 6.45) is 3.66. The van der Waals surface area contributed by atoms with Crippen LogP contribution in [0.25, 0.3) is 0 Å². The summed E-state index contributed by atoms with van der Waals surface area (Å²) in [6, 6.07) is 6.96. The maximum Gasteiger partial charge on any atom is 0.254 e. The average Bonchev–Trinajstić information content (AvgIpc) is 2.93. The molecule has 3 rings (SSSR count). The second kappa shape index (κ2) is 7.13. The van der Waals surface area contributed by atoms with Gasteiger partial charge >= 0.3 is 0 Å². The minimum atomic E-state index is -0.0538. The minimum absolute atomic E-state index is 0. The topological polar surface area (TPSA) is 50.2 Å². The first-order chi connectivity index (χ1) is 10.2. The van der Waals surface area contributed by atoms with Crippen LogP contribution in [0.15, 0.2) is 36.7 Å². The van der Waals surface area contributed by atoms with Gasteiger partial charge in [-0.15, -0.1) is 12.4 Å². The van der Waals surface area contributed by atoms with E-state index in [1.54, 1.807) is 30.5 Å². The minimum Gasteiger partial charge on any atom is -0.336 e. The maximum absolute atomic E-state index is 12.7. The van der Waals surface area contributed by atoms with Gasteiger partial charge in [0, 0.05) is 49.7 Å². The number of carbonyl (C=O) groups is 1. The Morgan fingerprint density at radius 1 is 1.36 bits per heavy atom. The summed E-state index contributed by atoms with van der Waals surface area (Å²) < 4.78 is 1.96. The molecule has 118 valence electrons. The molecule has 1 aliphatic rings. The Bertz CT molecular complexity index is 641. The summed E-state index contributed by atoms with van der Waals surface area (Å²) in [5.41, 5.74) is 0.653. The number of nitrogens with zero attached hydrogens (tertiary/aromatic N) is 3. The summed E-state index contributed by atoms with van der Waals surface area (Å²) in [5, 5.41) is 3.96. The largest absolute Gasteiger partial charge is 0.336 e. The molecule has 1 unspecified atom stereocenters. The fraction of sp³-hybridized carbons (Fsp3) is 0.333. The van der Waals surface area contributed by atoms with Crippen LogP contribution in [-0.2, 0) is 7.05 Å². The van der Waals surface area contributed by atoms with Gasteiger partial charge in [0.2, 0.25) is 0 Å². The molecule has 22 heavy (non-hydrogen) atoms. The van der Waals surface area contributed by atoms with E-state index in [0.29, 0.717) is 23.7 Å². The van der Waals surface area contributed by atoms with Crippen molar-refractivity contribution in [2.24, 2.45) is 7.05 Å². The summed E-state index contributed by atoms with van der Waals surface area (Å²) in [7, 11) is 1.95. The monoisotopic (exact) mass is 340 g/mol. The van der Waals surface area contributed by atoms with E-state index in [2.05, 4.69) is 10.3 Å². The van der Waals surface area contributed by atoms with Crippen molar-refractivity contribution >= 4 is 29.9 Å². The normalized spacial score (nSPS) is 17.9. The van der Waals surface area contributed by atoms with Gasteiger partial charge in [0.05, 0.1) is 0 Å². The highest BCUT2D eigenvalue weighted by molar-refractivity contribution is 6.30. The number of benzene rings is 1. The van der Waals surface area contributed by atoms with Gasteiger partial charge < -0.3 is 14.8 Å². The first-order valence-corrected chi connectivity index (χ1v) is 7.29. The summed E-state index contributed by atoms with van der Waals surface area (Å²) >= 11 is 5.88. The zero-order valence-electron chi connectivity index (χ0n) is 12.2. The van der Waals surface area contributed by atoms with Crippen molar-refractivity contribution in [1.29, 1.82) is 0 Å². The predicted molar refractivity (Wildman–Crippen MR) is 88.6 cm³/mol. The molecule has 0 radical (unpaired) electrons. The molecule has 1 atom stereocenters. The van der Waals surface area contributed by atoms with E-state index in [1.807, 2.05) is 22.7 Å². The van der Waals surface area contributed by atoms with Crippen molar-refractivity contribution in [3.8, 4) is 0 Å². The van der Waals surface area contributed by atoms with Crippen LogP contribution in [0.3, 0.4) is 0 Å². The van der Waals surface area contributed by atoms with E-state index >= 15 is 0 Å². The van der Waals surface area contributed by atoms with Crippen LogP contribution in [0.4, 0.5) is 0 Å². The Morgan fingerprint density at radius 2 is 2.09 bits per heavy atom. The molecule has 0 saturated carbocycles. The lowest BCUT2D eigenvalue weighted by Crippen LogP contribution is -2.49. The van der Waals surface area contributed by atoms with E-state index < -0.39 is 0 Å². The third-order valence-electron chi connectivity index (χ3n) is 3.75. The van der Waals surface area contributed by atoms with Gasteiger partial charge in [-0.25, -0.2) is 4.98 Å².